The molecule has 4 nitrogen and oxygen atoms in total. The molecule has 7 heteroatoms. The summed E-state index contributed by atoms with van der Waals surface area (Å²) < 4.78 is 45.1. The van der Waals surface area contributed by atoms with E-state index in [0.29, 0.717) is 24.1 Å². The standard InChI is InChI=1S/C21H15F3N4/c22-14-3-1-12(2-4-14)19-18(13-8-10-27-15(11-13)7-9-25-27)17-6-5-16-20(21(16,23)24)28(17)26-19/h1-4,7-11,16,20H,5-6H2/t16-,20+/m1/s1. The number of benzene rings is 1. The van der Waals surface area contributed by atoms with Gasteiger partial charge in [0.1, 0.15) is 17.6 Å². The van der Waals surface area contributed by atoms with Gasteiger partial charge in [0, 0.05) is 29.2 Å². The van der Waals surface area contributed by atoms with Crippen molar-refractivity contribution in [2.45, 2.75) is 24.8 Å². The minimum Gasteiger partial charge on any atom is -0.259 e. The molecule has 2 aliphatic rings. The molecule has 1 fully saturated rings. The highest BCUT2D eigenvalue weighted by Crippen LogP contribution is 2.63. The zero-order valence-electron chi connectivity index (χ0n) is 14.7. The molecule has 0 radical (unpaired) electrons. The number of nitrogens with zero attached hydrogens (tertiary/aromatic N) is 4. The van der Waals surface area contributed by atoms with E-state index in [1.165, 1.54) is 16.8 Å². The van der Waals surface area contributed by atoms with Gasteiger partial charge >= 0.3 is 0 Å². The average molecular weight is 380 g/mol. The predicted octanol–water partition coefficient (Wildman–Crippen LogP) is 4.76. The molecular formula is C21H15F3N4. The first-order valence-electron chi connectivity index (χ1n) is 9.23. The quantitative estimate of drug-likeness (QED) is 0.503. The van der Waals surface area contributed by atoms with Gasteiger partial charge in [0.05, 0.1) is 11.4 Å². The largest absolute Gasteiger partial charge is 0.275 e. The first-order chi connectivity index (χ1) is 13.5. The van der Waals surface area contributed by atoms with Crippen LogP contribution in [0.5, 0.6) is 0 Å². The van der Waals surface area contributed by atoms with Crippen molar-refractivity contribution >= 4 is 5.52 Å². The maximum atomic E-state index is 14.2. The Bertz CT molecular complexity index is 1220. The topological polar surface area (TPSA) is 35.1 Å². The number of pyridine rings is 1. The first-order valence-corrected chi connectivity index (χ1v) is 9.23. The maximum absolute atomic E-state index is 14.2. The van der Waals surface area contributed by atoms with Gasteiger partial charge in [-0.2, -0.15) is 10.2 Å². The minimum absolute atomic E-state index is 0.344. The molecule has 1 saturated carbocycles. The Labute approximate surface area is 158 Å². The number of alkyl halides is 2. The Hall–Kier alpha value is -3.09. The van der Waals surface area contributed by atoms with Gasteiger partial charge in [0.2, 0.25) is 0 Å². The van der Waals surface area contributed by atoms with Crippen molar-refractivity contribution in [1.82, 2.24) is 19.4 Å². The van der Waals surface area contributed by atoms with Crippen molar-refractivity contribution in [3.8, 4) is 22.4 Å². The second-order valence-electron chi connectivity index (χ2n) is 7.50. The summed E-state index contributed by atoms with van der Waals surface area (Å²) in [5.41, 5.74) is 4.80. The van der Waals surface area contributed by atoms with Crippen molar-refractivity contribution in [1.29, 1.82) is 0 Å². The molecule has 1 aliphatic heterocycles. The Kier molecular flexibility index (Phi) is 2.98. The SMILES string of the molecule is Fc1ccc(-c2nn3c(c2-c2ccn4nccc4c2)CC[C@@H]2[C@H]3C2(F)F)cc1. The van der Waals surface area contributed by atoms with Gasteiger partial charge < -0.3 is 0 Å². The molecule has 0 bridgehead atoms. The second-order valence-corrected chi connectivity index (χ2v) is 7.50. The average Bonchev–Trinajstić information content (AvgIpc) is 3.07. The van der Waals surface area contributed by atoms with Crippen LogP contribution in [0.4, 0.5) is 13.2 Å². The van der Waals surface area contributed by atoms with E-state index in [9.17, 15) is 13.2 Å². The molecule has 3 aromatic heterocycles. The summed E-state index contributed by atoms with van der Waals surface area (Å²) in [6, 6.07) is 10.9. The maximum Gasteiger partial charge on any atom is 0.275 e. The Morgan fingerprint density at radius 2 is 1.86 bits per heavy atom. The number of hydrogen-bond donors (Lipinski definition) is 0. The van der Waals surface area contributed by atoms with Gasteiger partial charge in [-0.25, -0.2) is 17.7 Å². The van der Waals surface area contributed by atoms with E-state index in [-0.39, 0.29) is 5.82 Å². The molecule has 1 aromatic carbocycles. The molecule has 4 heterocycles. The molecule has 0 N–H and O–H groups in total. The number of aromatic nitrogens is 4. The molecule has 0 unspecified atom stereocenters. The van der Waals surface area contributed by atoms with Gasteiger partial charge in [0.15, 0.2) is 0 Å². The van der Waals surface area contributed by atoms with Crippen LogP contribution in [0.3, 0.4) is 0 Å². The fourth-order valence-electron chi connectivity index (χ4n) is 4.48. The van der Waals surface area contributed by atoms with Gasteiger partial charge in [-0.3, -0.25) is 4.68 Å². The van der Waals surface area contributed by atoms with Crippen LogP contribution in [-0.4, -0.2) is 25.3 Å². The molecule has 0 amide bonds. The third-order valence-corrected chi connectivity index (χ3v) is 5.93. The van der Waals surface area contributed by atoms with Crippen LogP contribution in [0.15, 0.2) is 54.9 Å². The Morgan fingerprint density at radius 1 is 1.04 bits per heavy atom. The summed E-state index contributed by atoms with van der Waals surface area (Å²) in [5, 5.41) is 8.82. The minimum atomic E-state index is -2.70. The summed E-state index contributed by atoms with van der Waals surface area (Å²) >= 11 is 0. The van der Waals surface area contributed by atoms with Crippen LogP contribution in [0.1, 0.15) is 18.2 Å². The lowest BCUT2D eigenvalue weighted by molar-refractivity contribution is 0.0850. The fraction of sp³-hybridized carbons (Fsp3) is 0.238. The van der Waals surface area contributed by atoms with E-state index in [2.05, 4.69) is 10.2 Å². The van der Waals surface area contributed by atoms with Crippen molar-refractivity contribution in [3.63, 3.8) is 0 Å². The number of halogens is 3. The van der Waals surface area contributed by atoms with Crippen LogP contribution in [-0.2, 0) is 6.42 Å². The highest BCUT2D eigenvalue weighted by atomic mass is 19.3. The van der Waals surface area contributed by atoms with Crippen molar-refractivity contribution in [2.24, 2.45) is 5.92 Å². The van der Waals surface area contributed by atoms with Crippen LogP contribution in [0, 0.1) is 11.7 Å². The van der Waals surface area contributed by atoms with Crippen LogP contribution < -0.4 is 0 Å². The van der Waals surface area contributed by atoms with Gasteiger partial charge in [-0.1, -0.05) is 0 Å². The van der Waals surface area contributed by atoms with Crippen LogP contribution in [0.25, 0.3) is 27.9 Å². The second kappa shape index (κ2) is 5.25. The summed E-state index contributed by atoms with van der Waals surface area (Å²) in [6.07, 6.45) is 4.56. The van der Waals surface area contributed by atoms with E-state index < -0.39 is 17.9 Å². The normalized spacial score (nSPS) is 22.1. The molecule has 28 heavy (non-hydrogen) atoms. The zero-order chi connectivity index (χ0) is 19.0. The third kappa shape index (κ3) is 2.07. The van der Waals surface area contributed by atoms with Crippen LogP contribution >= 0.6 is 0 Å². The molecule has 1 aliphatic carbocycles. The van der Waals surface area contributed by atoms with Gasteiger partial charge in [0.25, 0.3) is 5.92 Å². The van der Waals surface area contributed by atoms with E-state index in [1.807, 2.05) is 24.4 Å². The predicted molar refractivity (Wildman–Crippen MR) is 97.6 cm³/mol. The molecule has 4 aromatic rings. The molecule has 0 saturated heterocycles. The Balaban J connectivity index is 1.60. The van der Waals surface area contributed by atoms with Gasteiger partial charge in [-0.15, -0.1) is 0 Å². The molecule has 6 rings (SSSR count). The summed E-state index contributed by atoms with van der Waals surface area (Å²) in [6.45, 7) is 0. The van der Waals surface area contributed by atoms with E-state index in [1.54, 1.807) is 22.8 Å². The first kappa shape index (κ1) is 15.9. The fourth-order valence-corrected chi connectivity index (χ4v) is 4.48. The third-order valence-electron chi connectivity index (χ3n) is 5.93. The summed E-state index contributed by atoms with van der Waals surface area (Å²) in [5.74, 6) is -3.68. The lowest BCUT2D eigenvalue weighted by atomic mass is 9.96. The number of fused-ring (bicyclic) bond motifs is 4. The van der Waals surface area contributed by atoms with E-state index in [0.717, 1.165) is 22.3 Å². The Morgan fingerprint density at radius 3 is 2.68 bits per heavy atom. The molecule has 0 spiro atoms. The van der Waals surface area contributed by atoms with E-state index >= 15 is 0 Å². The van der Waals surface area contributed by atoms with Crippen molar-refractivity contribution in [3.05, 3.63) is 66.4 Å². The summed E-state index contributed by atoms with van der Waals surface area (Å²) in [4.78, 5) is 0. The van der Waals surface area contributed by atoms with Crippen LogP contribution in [0.2, 0.25) is 0 Å². The monoisotopic (exact) mass is 380 g/mol. The lowest BCUT2D eigenvalue weighted by Crippen LogP contribution is -2.11. The van der Waals surface area contributed by atoms with Gasteiger partial charge in [-0.05, 0) is 60.9 Å². The molecule has 140 valence electrons. The highest BCUT2D eigenvalue weighted by molar-refractivity contribution is 5.84. The molecule has 2 atom stereocenters. The summed E-state index contributed by atoms with van der Waals surface area (Å²) in [7, 11) is 0. The lowest BCUT2D eigenvalue weighted by Gasteiger charge is -2.13. The van der Waals surface area contributed by atoms with Crippen molar-refractivity contribution < 1.29 is 13.2 Å². The van der Waals surface area contributed by atoms with E-state index in [4.69, 9.17) is 0 Å². The number of rotatable bonds is 2. The van der Waals surface area contributed by atoms with Crippen molar-refractivity contribution in [2.75, 3.05) is 0 Å². The highest BCUT2D eigenvalue weighted by Gasteiger charge is 2.71. The molecular weight excluding hydrogens is 365 g/mol. The zero-order valence-corrected chi connectivity index (χ0v) is 14.7. The smallest absolute Gasteiger partial charge is 0.259 e. The number of hydrogen-bond acceptors (Lipinski definition) is 2.